The molecule has 3 heterocycles. The van der Waals surface area contributed by atoms with Gasteiger partial charge >= 0.3 is 5.97 Å². The third kappa shape index (κ3) is 3.48. The third-order valence-electron chi connectivity index (χ3n) is 5.56. The fourth-order valence-electron chi connectivity index (χ4n) is 4.08. The molecule has 1 aliphatic carbocycles. The summed E-state index contributed by atoms with van der Waals surface area (Å²) >= 11 is 1.80. The number of carboxylic acids is 1. The number of rotatable bonds is 5. The van der Waals surface area contributed by atoms with Gasteiger partial charge in [0, 0.05) is 21.4 Å². The van der Waals surface area contributed by atoms with E-state index in [2.05, 4.69) is 13.0 Å². The number of furan rings is 1. The molecule has 152 valence electrons. The van der Waals surface area contributed by atoms with Crippen molar-refractivity contribution in [1.29, 1.82) is 0 Å². The molecule has 1 aliphatic rings. The Bertz CT molecular complexity index is 1210. The van der Waals surface area contributed by atoms with Crippen molar-refractivity contribution >= 4 is 27.5 Å². The molecular weight excluding hydrogens is 398 g/mol. The van der Waals surface area contributed by atoms with E-state index in [-0.39, 0.29) is 6.61 Å². The van der Waals surface area contributed by atoms with Gasteiger partial charge in [-0.1, -0.05) is 6.92 Å². The maximum Gasteiger partial charge on any atom is 0.341 e. The first-order valence-corrected chi connectivity index (χ1v) is 10.8. The maximum absolute atomic E-state index is 10.7. The summed E-state index contributed by atoms with van der Waals surface area (Å²) in [5.41, 5.74) is 4.33. The van der Waals surface area contributed by atoms with Crippen molar-refractivity contribution in [3.8, 4) is 28.3 Å². The highest BCUT2D eigenvalue weighted by molar-refractivity contribution is 7.19. The molecule has 0 saturated heterocycles. The molecule has 30 heavy (non-hydrogen) atoms. The Morgan fingerprint density at radius 1 is 1.30 bits per heavy atom. The Morgan fingerprint density at radius 3 is 2.87 bits per heavy atom. The summed E-state index contributed by atoms with van der Waals surface area (Å²) in [6, 6.07) is 13.4. The number of aliphatic carboxylic acids is 1. The highest BCUT2D eigenvalue weighted by atomic mass is 32.1. The van der Waals surface area contributed by atoms with Crippen LogP contribution in [0.25, 0.3) is 32.8 Å². The number of hydrogen-bond donors (Lipinski definition) is 1. The SMILES string of the molecule is C[C@H]1CCc2c(sc3nc(-c4ccc(OCC(=O)O)cc4)cc(-c4ccco4)c23)C1. The zero-order chi connectivity index (χ0) is 20.7. The minimum atomic E-state index is -0.995. The van der Waals surface area contributed by atoms with Crippen molar-refractivity contribution < 1.29 is 19.1 Å². The van der Waals surface area contributed by atoms with Gasteiger partial charge in [0.25, 0.3) is 0 Å². The van der Waals surface area contributed by atoms with E-state index in [4.69, 9.17) is 19.2 Å². The van der Waals surface area contributed by atoms with E-state index in [1.807, 2.05) is 24.3 Å². The highest BCUT2D eigenvalue weighted by Crippen LogP contribution is 2.43. The van der Waals surface area contributed by atoms with Crippen LogP contribution in [0.1, 0.15) is 23.8 Å². The number of carbonyl (C=O) groups is 1. The Balaban J connectivity index is 1.61. The molecule has 0 radical (unpaired) electrons. The number of fused-ring (bicyclic) bond motifs is 3. The van der Waals surface area contributed by atoms with E-state index in [9.17, 15) is 4.79 Å². The van der Waals surface area contributed by atoms with Crippen LogP contribution in [0.15, 0.2) is 53.1 Å². The molecule has 6 heteroatoms. The molecule has 0 fully saturated rings. The summed E-state index contributed by atoms with van der Waals surface area (Å²) in [4.78, 5) is 18.2. The summed E-state index contributed by atoms with van der Waals surface area (Å²) in [6.45, 7) is 1.96. The van der Waals surface area contributed by atoms with Gasteiger partial charge in [-0.3, -0.25) is 0 Å². The average Bonchev–Trinajstić information content (AvgIpc) is 3.39. The van der Waals surface area contributed by atoms with Crippen LogP contribution in [-0.2, 0) is 17.6 Å². The molecule has 1 aromatic carbocycles. The van der Waals surface area contributed by atoms with E-state index < -0.39 is 5.97 Å². The van der Waals surface area contributed by atoms with Gasteiger partial charge in [0.1, 0.15) is 16.3 Å². The van der Waals surface area contributed by atoms with E-state index in [0.717, 1.165) is 40.3 Å². The number of thiophene rings is 1. The van der Waals surface area contributed by atoms with Gasteiger partial charge in [-0.15, -0.1) is 11.3 Å². The molecule has 0 amide bonds. The Kier molecular flexibility index (Phi) is 4.79. The molecule has 4 aromatic rings. The summed E-state index contributed by atoms with van der Waals surface area (Å²) in [5, 5.41) is 10.00. The lowest BCUT2D eigenvalue weighted by molar-refractivity contribution is -0.139. The monoisotopic (exact) mass is 419 g/mol. The standard InChI is InChI=1S/C24H21NO4S/c1-14-4-9-17-21(11-14)30-24-23(17)18(20-3-2-10-28-20)12-19(25-24)15-5-7-16(8-6-15)29-13-22(26)27/h2-3,5-8,10,12,14H,4,9,11,13H2,1H3,(H,26,27)/t14-/m0/s1. The number of benzene rings is 1. The molecule has 0 aliphatic heterocycles. The van der Waals surface area contributed by atoms with Gasteiger partial charge in [-0.2, -0.15) is 0 Å². The predicted molar refractivity (Wildman–Crippen MR) is 117 cm³/mol. The van der Waals surface area contributed by atoms with Gasteiger partial charge in [0.2, 0.25) is 0 Å². The fourth-order valence-corrected chi connectivity index (χ4v) is 5.49. The second-order valence-electron chi connectivity index (χ2n) is 7.77. The average molecular weight is 420 g/mol. The second-order valence-corrected chi connectivity index (χ2v) is 8.85. The summed E-state index contributed by atoms with van der Waals surface area (Å²) in [6.07, 6.45) is 5.10. The molecule has 0 saturated carbocycles. The van der Waals surface area contributed by atoms with Crippen LogP contribution >= 0.6 is 11.3 Å². The number of aromatic nitrogens is 1. The molecule has 5 nitrogen and oxygen atoms in total. The molecule has 0 bridgehead atoms. The van der Waals surface area contributed by atoms with Crippen LogP contribution in [0.5, 0.6) is 5.75 Å². The molecule has 5 rings (SSSR count). The maximum atomic E-state index is 10.7. The lowest BCUT2D eigenvalue weighted by atomic mass is 9.88. The minimum absolute atomic E-state index is 0.356. The van der Waals surface area contributed by atoms with Gasteiger partial charge in [0.05, 0.1) is 12.0 Å². The number of nitrogens with zero attached hydrogens (tertiary/aromatic N) is 1. The molecular formula is C24H21NO4S. The third-order valence-corrected chi connectivity index (χ3v) is 6.71. The van der Waals surface area contributed by atoms with Gasteiger partial charge in [-0.25, -0.2) is 9.78 Å². The molecule has 3 aromatic heterocycles. The fraction of sp³-hybridized carbons (Fsp3) is 0.250. The van der Waals surface area contributed by atoms with Crippen molar-refractivity contribution in [3.05, 3.63) is 59.2 Å². The number of ether oxygens (including phenoxy) is 1. The van der Waals surface area contributed by atoms with E-state index in [1.165, 1.54) is 22.2 Å². The Morgan fingerprint density at radius 2 is 2.13 bits per heavy atom. The predicted octanol–water partition coefficient (Wildman–Crippen LogP) is 5.81. The highest BCUT2D eigenvalue weighted by Gasteiger charge is 2.24. The molecule has 1 N–H and O–H groups in total. The lowest BCUT2D eigenvalue weighted by Gasteiger charge is -2.18. The van der Waals surface area contributed by atoms with Crippen LogP contribution in [0.2, 0.25) is 0 Å². The first-order chi connectivity index (χ1) is 14.6. The van der Waals surface area contributed by atoms with Crippen molar-refractivity contribution in [1.82, 2.24) is 4.98 Å². The van der Waals surface area contributed by atoms with Crippen LogP contribution in [0.3, 0.4) is 0 Å². The number of hydrogen-bond acceptors (Lipinski definition) is 5. The number of carboxylic acid groups (broad SMARTS) is 1. The minimum Gasteiger partial charge on any atom is -0.482 e. The zero-order valence-electron chi connectivity index (χ0n) is 16.6. The van der Waals surface area contributed by atoms with Crippen LogP contribution < -0.4 is 4.74 Å². The number of pyridine rings is 1. The quantitative estimate of drug-likeness (QED) is 0.442. The van der Waals surface area contributed by atoms with Crippen molar-refractivity contribution in [2.75, 3.05) is 6.61 Å². The van der Waals surface area contributed by atoms with E-state index in [0.29, 0.717) is 11.7 Å². The summed E-state index contributed by atoms with van der Waals surface area (Å²) in [5.74, 6) is 1.08. The summed E-state index contributed by atoms with van der Waals surface area (Å²) in [7, 11) is 0. The topological polar surface area (TPSA) is 72.6 Å². The molecule has 0 spiro atoms. The normalized spacial score (nSPS) is 15.8. The largest absolute Gasteiger partial charge is 0.482 e. The van der Waals surface area contributed by atoms with Crippen LogP contribution in [0, 0.1) is 5.92 Å². The van der Waals surface area contributed by atoms with Crippen molar-refractivity contribution in [3.63, 3.8) is 0 Å². The smallest absolute Gasteiger partial charge is 0.341 e. The van der Waals surface area contributed by atoms with Crippen LogP contribution in [-0.4, -0.2) is 22.7 Å². The van der Waals surface area contributed by atoms with Crippen molar-refractivity contribution in [2.45, 2.75) is 26.2 Å². The van der Waals surface area contributed by atoms with Gasteiger partial charge in [-0.05, 0) is 73.2 Å². The molecule has 1 atom stereocenters. The second kappa shape index (κ2) is 7.61. The zero-order valence-corrected chi connectivity index (χ0v) is 17.4. The first-order valence-electron chi connectivity index (χ1n) is 10.0. The Labute approximate surface area is 177 Å². The Hall–Kier alpha value is -3.12. The lowest BCUT2D eigenvalue weighted by Crippen LogP contribution is -2.09. The molecule has 0 unspecified atom stereocenters. The van der Waals surface area contributed by atoms with E-state index in [1.54, 1.807) is 29.7 Å². The first kappa shape index (κ1) is 18.9. The summed E-state index contributed by atoms with van der Waals surface area (Å²) < 4.78 is 11.0. The van der Waals surface area contributed by atoms with Crippen LogP contribution in [0.4, 0.5) is 0 Å². The van der Waals surface area contributed by atoms with E-state index >= 15 is 0 Å². The van der Waals surface area contributed by atoms with Crippen molar-refractivity contribution in [2.24, 2.45) is 5.92 Å². The number of aryl methyl sites for hydroxylation is 1. The van der Waals surface area contributed by atoms with Gasteiger partial charge < -0.3 is 14.3 Å². The van der Waals surface area contributed by atoms with Gasteiger partial charge in [0.15, 0.2) is 6.61 Å².